The highest BCUT2D eigenvalue weighted by Gasteiger charge is 2.68. The second kappa shape index (κ2) is 5.31. The standard InChI is InChI=1S/C7H3F11/c8-1(4(11)12)2(9)6(15,16)7(17,18)3(10)5(13)14/h1-2,4H. The molecule has 0 saturated heterocycles. The van der Waals surface area contributed by atoms with E-state index in [9.17, 15) is 48.3 Å². The van der Waals surface area contributed by atoms with E-state index in [1.165, 1.54) is 0 Å². The lowest BCUT2D eigenvalue weighted by atomic mass is 10.0. The zero-order valence-corrected chi connectivity index (χ0v) is 7.89. The van der Waals surface area contributed by atoms with E-state index in [4.69, 9.17) is 0 Å². The average Bonchev–Trinajstić information content (AvgIpc) is 2.24. The molecule has 0 heterocycles. The number of rotatable bonds is 5. The van der Waals surface area contributed by atoms with Gasteiger partial charge in [-0.25, -0.2) is 17.6 Å². The molecule has 11 heteroatoms. The largest absolute Gasteiger partial charge is 0.369 e. The molecule has 0 saturated carbocycles. The monoisotopic (exact) mass is 296 g/mol. The Bertz CT molecular complexity index is 315. The SMILES string of the molecule is FC(F)=C(F)C(F)(F)C(F)(F)C(F)C(F)C(F)F. The van der Waals surface area contributed by atoms with E-state index in [1.807, 2.05) is 0 Å². The van der Waals surface area contributed by atoms with Crippen LogP contribution >= 0.6 is 0 Å². The summed E-state index contributed by atoms with van der Waals surface area (Å²) >= 11 is 0. The predicted octanol–water partition coefficient (Wildman–Crippen LogP) is 4.28. The molecule has 0 nitrogen and oxygen atoms in total. The summed E-state index contributed by atoms with van der Waals surface area (Å²) in [4.78, 5) is 0. The van der Waals surface area contributed by atoms with E-state index in [0.717, 1.165) is 0 Å². The second-order valence-electron chi connectivity index (χ2n) is 2.95. The molecule has 0 bridgehead atoms. The van der Waals surface area contributed by atoms with Crippen LogP contribution in [0, 0.1) is 0 Å². The average molecular weight is 296 g/mol. The number of hydrogen-bond donors (Lipinski definition) is 0. The van der Waals surface area contributed by atoms with E-state index in [0.29, 0.717) is 0 Å². The summed E-state index contributed by atoms with van der Waals surface area (Å²) in [6.07, 6.45) is -17.6. The number of allylic oxidation sites excluding steroid dienone is 1. The highest BCUT2D eigenvalue weighted by Crippen LogP contribution is 2.46. The maximum atomic E-state index is 12.5. The van der Waals surface area contributed by atoms with Crippen LogP contribution in [0.5, 0.6) is 0 Å². The fourth-order valence-electron chi connectivity index (χ4n) is 0.766. The minimum Gasteiger partial charge on any atom is -0.238 e. The first-order chi connectivity index (χ1) is 7.87. The van der Waals surface area contributed by atoms with E-state index in [2.05, 4.69) is 0 Å². The Morgan fingerprint density at radius 1 is 0.778 bits per heavy atom. The van der Waals surface area contributed by atoms with Crippen LogP contribution < -0.4 is 0 Å². The highest BCUT2D eigenvalue weighted by atomic mass is 19.3. The van der Waals surface area contributed by atoms with E-state index in [1.54, 1.807) is 0 Å². The Balaban J connectivity index is 5.44. The fourth-order valence-corrected chi connectivity index (χ4v) is 0.766. The number of alkyl halides is 8. The molecule has 0 amide bonds. The van der Waals surface area contributed by atoms with Crippen LogP contribution in [0.4, 0.5) is 48.3 Å². The van der Waals surface area contributed by atoms with Gasteiger partial charge in [-0.15, -0.1) is 0 Å². The maximum absolute atomic E-state index is 12.5. The molecule has 0 aromatic heterocycles. The van der Waals surface area contributed by atoms with Gasteiger partial charge in [-0.3, -0.25) is 0 Å². The smallest absolute Gasteiger partial charge is 0.238 e. The van der Waals surface area contributed by atoms with Gasteiger partial charge in [-0.05, 0) is 0 Å². The lowest BCUT2D eigenvalue weighted by Crippen LogP contribution is -2.53. The molecule has 0 N–H and O–H groups in total. The maximum Gasteiger partial charge on any atom is 0.369 e. The minimum absolute atomic E-state index is 3.90. The Labute approximate surface area is 92.1 Å². The third-order valence-electron chi connectivity index (χ3n) is 1.73. The fraction of sp³-hybridized carbons (Fsp3) is 0.714. The lowest BCUT2D eigenvalue weighted by Gasteiger charge is -2.28. The van der Waals surface area contributed by atoms with Gasteiger partial charge in [0.05, 0.1) is 0 Å². The Morgan fingerprint density at radius 2 is 1.17 bits per heavy atom. The molecule has 0 aromatic rings. The van der Waals surface area contributed by atoms with Crippen molar-refractivity contribution in [2.45, 2.75) is 30.6 Å². The van der Waals surface area contributed by atoms with Crippen LogP contribution in [-0.2, 0) is 0 Å². The van der Waals surface area contributed by atoms with Gasteiger partial charge in [0.1, 0.15) is 0 Å². The Kier molecular flexibility index (Phi) is 5.00. The third-order valence-corrected chi connectivity index (χ3v) is 1.73. The quantitative estimate of drug-likeness (QED) is 0.664. The van der Waals surface area contributed by atoms with Crippen LogP contribution in [-0.4, -0.2) is 30.6 Å². The van der Waals surface area contributed by atoms with Crippen LogP contribution in [0.1, 0.15) is 0 Å². The van der Waals surface area contributed by atoms with Crippen molar-refractivity contribution < 1.29 is 48.3 Å². The van der Waals surface area contributed by atoms with Crippen molar-refractivity contribution in [3.8, 4) is 0 Å². The third kappa shape index (κ3) is 2.86. The molecule has 18 heavy (non-hydrogen) atoms. The van der Waals surface area contributed by atoms with Crippen molar-refractivity contribution in [1.29, 1.82) is 0 Å². The molecule has 2 unspecified atom stereocenters. The van der Waals surface area contributed by atoms with Gasteiger partial charge >= 0.3 is 17.9 Å². The van der Waals surface area contributed by atoms with Crippen molar-refractivity contribution in [3.63, 3.8) is 0 Å². The van der Waals surface area contributed by atoms with E-state index in [-0.39, 0.29) is 0 Å². The molecular formula is C7H3F11. The summed E-state index contributed by atoms with van der Waals surface area (Å²) < 4.78 is 132. The molecule has 0 rings (SSSR count). The molecule has 0 aromatic carbocycles. The molecule has 0 fully saturated rings. The first-order valence-corrected chi connectivity index (χ1v) is 3.90. The summed E-state index contributed by atoms with van der Waals surface area (Å²) in [6, 6.07) is 0. The summed E-state index contributed by atoms with van der Waals surface area (Å²) in [5.74, 6) is -16.9. The molecule has 108 valence electrons. The van der Waals surface area contributed by atoms with E-state index < -0.39 is 42.5 Å². The predicted molar refractivity (Wildman–Crippen MR) is 36.0 cm³/mol. The number of hydrogen-bond acceptors (Lipinski definition) is 0. The van der Waals surface area contributed by atoms with Gasteiger partial charge in [-0.1, -0.05) is 0 Å². The van der Waals surface area contributed by atoms with Crippen molar-refractivity contribution in [2.75, 3.05) is 0 Å². The van der Waals surface area contributed by atoms with Crippen LogP contribution in [0.25, 0.3) is 0 Å². The van der Waals surface area contributed by atoms with Gasteiger partial charge in [0.25, 0.3) is 6.43 Å². The molecular weight excluding hydrogens is 293 g/mol. The van der Waals surface area contributed by atoms with Crippen molar-refractivity contribution in [3.05, 3.63) is 11.9 Å². The Hall–Kier alpha value is -1.03. The Morgan fingerprint density at radius 3 is 1.44 bits per heavy atom. The second-order valence-corrected chi connectivity index (χ2v) is 2.95. The summed E-state index contributed by atoms with van der Waals surface area (Å²) in [5, 5.41) is 0. The van der Waals surface area contributed by atoms with Gasteiger partial charge in [0.15, 0.2) is 6.17 Å². The van der Waals surface area contributed by atoms with Crippen LogP contribution in [0.15, 0.2) is 11.9 Å². The van der Waals surface area contributed by atoms with Crippen molar-refractivity contribution in [1.82, 2.24) is 0 Å². The van der Waals surface area contributed by atoms with Gasteiger partial charge in [-0.2, -0.15) is 30.7 Å². The lowest BCUT2D eigenvalue weighted by molar-refractivity contribution is -0.245. The highest BCUT2D eigenvalue weighted by molar-refractivity contribution is 5.13. The van der Waals surface area contributed by atoms with Crippen LogP contribution in [0.2, 0.25) is 0 Å². The van der Waals surface area contributed by atoms with Crippen molar-refractivity contribution >= 4 is 0 Å². The zero-order chi connectivity index (χ0) is 14.9. The molecule has 2 atom stereocenters. The van der Waals surface area contributed by atoms with Crippen molar-refractivity contribution in [2.24, 2.45) is 0 Å². The minimum atomic E-state index is -6.45. The van der Waals surface area contributed by atoms with Crippen LogP contribution in [0.3, 0.4) is 0 Å². The summed E-state index contributed by atoms with van der Waals surface area (Å²) in [6.45, 7) is 0. The molecule has 0 radical (unpaired) electrons. The zero-order valence-electron chi connectivity index (χ0n) is 7.89. The molecule has 0 aliphatic carbocycles. The topological polar surface area (TPSA) is 0 Å². The van der Waals surface area contributed by atoms with Gasteiger partial charge in [0, 0.05) is 0 Å². The number of halogens is 11. The molecule has 0 spiro atoms. The normalized spacial score (nSPS) is 16.7. The molecule has 0 aliphatic rings. The first kappa shape index (κ1) is 17.0. The van der Waals surface area contributed by atoms with Gasteiger partial charge < -0.3 is 0 Å². The first-order valence-electron chi connectivity index (χ1n) is 3.90. The van der Waals surface area contributed by atoms with Gasteiger partial charge in [0.2, 0.25) is 12.0 Å². The summed E-state index contributed by atoms with van der Waals surface area (Å²) in [5.41, 5.74) is 0. The summed E-state index contributed by atoms with van der Waals surface area (Å²) in [7, 11) is 0. The molecule has 0 aliphatic heterocycles. The van der Waals surface area contributed by atoms with E-state index >= 15 is 0 Å².